The van der Waals surface area contributed by atoms with Crippen LogP contribution in [0.2, 0.25) is 5.02 Å². The maximum atomic E-state index is 14.2. The van der Waals surface area contributed by atoms with Gasteiger partial charge >= 0.3 is 5.97 Å². The van der Waals surface area contributed by atoms with E-state index in [0.29, 0.717) is 37.1 Å². The van der Waals surface area contributed by atoms with Crippen molar-refractivity contribution in [1.82, 2.24) is 4.90 Å². The van der Waals surface area contributed by atoms with Crippen molar-refractivity contribution in [2.45, 2.75) is 175 Å². The third kappa shape index (κ3) is 11.1. The van der Waals surface area contributed by atoms with Gasteiger partial charge in [0.05, 0.1) is 22.9 Å². The minimum Gasteiger partial charge on any atom is -0.460 e. The van der Waals surface area contributed by atoms with Gasteiger partial charge in [0, 0.05) is 38.3 Å². The highest BCUT2D eigenvalue weighted by Crippen LogP contribution is 2.45. The second-order valence-corrected chi connectivity index (χ2v) is 19.5. The number of halogens is 1. The first-order valence-electron chi connectivity index (χ1n) is 22.9. The van der Waals surface area contributed by atoms with Gasteiger partial charge in [0.15, 0.2) is 5.78 Å². The molecular formula is C49H69ClN2O9. The van der Waals surface area contributed by atoms with Crippen LogP contribution in [0.3, 0.4) is 0 Å². The Balaban J connectivity index is 1.28. The third-order valence-electron chi connectivity index (χ3n) is 14.2. The highest BCUT2D eigenvalue weighted by Gasteiger charge is 2.45. The van der Waals surface area contributed by atoms with E-state index >= 15 is 0 Å². The third-order valence-corrected chi connectivity index (χ3v) is 14.5. The number of carbonyl (C=O) groups is 5. The largest absolute Gasteiger partial charge is 0.460 e. The summed E-state index contributed by atoms with van der Waals surface area (Å²) >= 11 is 6.87. The number of esters is 1. The van der Waals surface area contributed by atoms with Crippen LogP contribution in [-0.2, 0) is 49.4 Å². The maximum absolute atomic E-state index is 14.2. The lowest BCUT2D eigenvalue weighted by Crippen LogP contribution is -2.55. The summed E-state index contributed by atoms with van der Waals surface area (Å²) < 4.78 is 18.3. The normalized spacial score (nSPS) is 36.1. The zero-order chi connectivity index (χ0) is 44.1. The van der Waals surface area contributed by atoms with Crippen LogP contribution < -0.4 is 5.06 Å². The van der Waals surface area contributed by atoms with Gasteiger partial charge in [-0.05, 0) is 114 Å². The van der Waals surface area contributed by atoms with Crippen LogP contribution in [0.5, 0.6) is 0 Å². The van der Waals surface area contributed by atoms with Crippen molar-refractivity contribution in [3.63, 3.8) is 0 Å². The number of para-hydroxylation sites is 1. The summed E-state index contributed by atoms with van der Waals surface area (Å²) in [5.74, 6) is -2.71. The number of piperidine rings is 1. The lowest BCUT2D eigenvalue weighted by atomic mass is 9.76. The molecule has 336 valence electrons. The number of benzene rings is 1. The van der Waals surface area contributed by atoms with Crippen LogP contribution in [0.4, 0.5) is 5.69 Å². The van der Waals surface area contributed by atoms with E-state index in [-0.39, 0.29) is 78.8 Å². The fourth-order valence-electron chi connectivity index (χ4n) is 10.2. The molecule has 61 heavy (non-hydrogen) atoms. The molecule has 1 aromatic carbocycles. The fraction of sp³-hybridized carbons (Fsp3) is 0.694. The molecule has 7 rings (SSSR count). The van der Waals surface area contributed by atoms with E-state index in [1.165, 1.54) is 4.90 Å². The number of rotatable bonds is 2. The second-order valence-electron chi connectivity index (χ2n) is 19.1. The van der Waals surface area contributed by atoms with Crippen LogP contribution in [0, 0.1) is 29.6 Å². The number of nitrogens with zero attached hydrogens (tertiary/aromatic N) is 2. The molecule has 6 aliphatic heterocycles. The van der Waals surface area contributed by atoms with Crippen molar-refractivity contribution in [3.05, 3.63) is 52.1 Å². The van der Waals surface area contributed by atoms with Gasteiger partial charge < -0.3 is 19.1 Å². The molecule has 6 aliphatic rings. The molecule has 3 fully saturated rings. The average Bonchev–Trinajstić information content (AvgIpc) is 3.24. The molecule has 3 saturated heterocycles. The number of hydrogen-bond donors (Lipinski definition) is 0. The molecule has 0 radical (unpaired) electrons. The number of amides is 1. The Morgan fingerprint density at radius 2 is 1.69 bits per heavy atom. The van der Waals surface area contributed by atoms with Gasteiger partial charge in [0.2, 0.25) is 5.78 Å². The van der Waals surface area contributed by atoms with E-state index < -0.39 is 42.0 Å². The van der Waals surface area contributed by atoms with Crippen LogP contribution in [0.25, 0.3) is 0 Å². The Morgan fingerprint density at radius 3 is 2.43 bits per heavy atom. The Labute approximate surface area is 368 Å². The van der Waals surface area contributed by atoms with Crippen LogP contribution in [-0.4, -0.2) is 90.4 Å². The Kier molecular flexibility index (Phi) is 16.1. The van der Waals surface area contributed by atoms with E-state index in [1.807, 2.05) is 64.8 Å². The summed E-state index contributed by atoms with van der Waals surface area (Å²) in [5.41, 5.74) is 4.02. The highest BCUT2D eigenvalue weighted by atomic mass is 35.5. The lowest BCUT2D eigenvalue weighted by molar-refractivity contribution is -0.169. The fourth-order valence-corrected chi connectivity index (χ4v) is 10.5. The number of hydroxylamine groups is 1. The van der Waals surface area contributed by atoms with E-state index in [1.54, 1.807) is 7.11 Å². The number of Topliss-reactive ketones (excluding diaryl/α,β-unsaturated/α-hetero) is 3. The Bertz CT molecular complexity index is 1840. The molecule has 2 unspecified atom stereocenters. The maximum Gasteiger partial charge on any atom is 0.329 e. The smallest absolute Gasteiger partial charge is 0.329 e. The summed E-state index contributed by atoms with van der Waals surface area (Å²) in [4.78, 5) is 77.6. The number of ketones is 3. The van der Waals surface area contributed by atoms with Crippen LogP contribution >= 0.6 is 11.6 Å². The minimum absolute atomic E-state index is 0.00664. The number of fused-ring (bicyclic) bond motifs is 16. The Hall–Kier alpha value is -3.38. The van der Waals surface area contributed by atoms with Crippen molar-refractivity contribution in [3.8, 4) is 0 Å². The zero-order valence-corrected chi connectivity index (χ0v) is 38.4. The molecule has 11 atom stereocenters. The van der Waals surface area contributed by atoms with Crippen molar-refractivity contribution < 1.29 is 43.0 Å². The molecule has 12 heteroatoms. The van der Waals surface area contributed by atoms with E-state index in [9.17, 15) is 24.0 Å². The van der Waals surface area contributed by atoms with Gasteiger partial charge in [0.25, 0.3) is 5.91 Å². The first kappa shape index (κ1) is 47.1. The molecule has 0 spiro atoms. The molecule has 1 aromatic rings. The number of methoxy groups -OCH3 is 1. The standard InChI is InChI=1S/C49H69ClN2O9/c1-28(2)42-27-36(53)18-16-30(4)33(7)47(58-8)44(54)32(6)25-35-26-34-12-11-13-39(50)43(34)52-40(35)22-21-38(61-52)24-29(3)15-19-37-20-17-31(5)46(59-37)45(55)48(56)51-23-10-9-14-41(51)49(57)60-42/h11-13,16,24,28,31-33,35,37-38,40-42,46-47H,9-10,14-15,17-23,25-27H2,1-8H3/b29-24+,30-16+/t31-,32-,33-,35-,37-,38?,40?,41+,42+,46-,47-/m1/s1. The van der Waals surface area contributed by atoms with Gasteiger partial charge in [0.1, 0.15) is 36.2 Å². The van der Waals surface area contributed by atoms with Crippen LogP contribution in [0.15, 0.2) is 41.5 Å². The van der Waals surface area contributed by atoms with Gasteiger partial charge in [-0.3, -0.25) is 24.0 Å². The molecule has 6 heterocycles. The number of ether oxygens (including phenoxy) is 3. The first-order valence-corrected chi connectivity index (χ1v) is 23.3. The SMILES string of the molecule is CO[C@H]1C(=O)[C@H](C)C[C@@H]2Cc3cccc(Cl)c3N3OC(/C=C(\C)CC[C@@H]4CC[C@@H](C)[C@@H](O4)C(=O)C(=O)N4CCCC[C@H]4C(=O)O[C@H](C(C)C)CC(=O)C/C=C(\C)[C@H]1C)CCC23. The van der Waals surface area contributed by atoms with Gasteiger partial charge in [-0.25, -0.2) is 9.86 Å². The lowest BCUT2D eigenvalue weighted by Gasteiger charge is -2.48. The van der Waals surface area contributed by atoms with E-state index in [0.717, 1.165) is 60.9 Å². The Morgan fingerprint density at radius 1 is 0.918 bits per heavy atom. The zero-order valence-electron chi connectivity index (χ0n) is 37.7. The first-order chi connectivity index (χ1) is 29.1. The predicted molar refractivity (Wildman–Crippen MR) is 235 cm³/mol. The highest BCUT2D eigenvalue weighted by molar-refractivity contribution is 6.38. The molecule has 0 N–H and O–H groups in total. The summed E-state index contributed by atoms with van der Waals surface area (Å²) in [6.45, 7) is 14.0. The van der Waals surface area contributed by atoms with Crippen molar-refractivity contribution in [2.75, 3.05) is 18.7 Å². The van der Waals surface area contributed by atoms with Crippen molar-refractivity contribution in [1.29, 1.82) is 0 Å². The average molecular weight is 866 g/mol. The number of anilines is 1. The molecule has 0 aliphatic carbocycles. The topological polar surface area (TPSA) is 129 Å². The van der Waals surface area contributed by atoms with Gasteiger partial charge in [-0.1, -0.05) is 81.7 Å². The minimum atomic E-state index is -0.911. The summed E-state index contributed by atoms with van der Waals surface area (Å²) in [6.07, 6.45) is 9.37. The number of hydrogen-bond acceptors (Lipinski definition) is 10. The monoisotopic (exact) mass is 864 g/mol. The summed E-state index contributed by atoms with van der Waals surface area (Å²) in [6, 6.07) is 5.10. The second kappa shape index (κ2) is 20.9. The summed E-state index contributed by atoms with van der Waals surface area (Å²) in [7, 11) is 1.57. The molecular weight excluding hydrogens is 796 g/mol. The van der Waals surface area contributed by atoms with Crippen LogP contribution in [0.1, 0.15) is 131 Å². The number of allylic oxidation sites excluding steroid dienone is 2. The van der Waals surface area contributed by atoms with Crippen molar-refractivity contribution in [2.24, 2.45) is 29.6 Å². The molecule has 6 bridgehead atoms. The van der Waals surface area contributed by atoms with Crippen molar-refractivity contribution >= 4 is 46.5 Å². The van der Waals surface area contributed by atoms with Gasteiger partial charge in [-0.2, -0.15) is 0 Å². The summed E-state index contributed by atoms with van der Waals surface area (Å²) in [5, 5.41) is 2.66. The van der Waals surface area contributed by atoms with E-state index in [4.69, 9.17) is 30.6 Å². The quantitative estimate of drug-likeness (QED) is 0.162. The molecule has 0 aromatic heterocycles. The predicted octanol–water partition coefficient (Wildman–Crippen LogP) is 8.77. The number of carbonyl (C=O) groups excluding carboxylic acids is 5. The molecule has 11 nitrogen and oxygen atoms in total. The molecule has 0 saturated carbocycles. The molecule has 1 amide bonds. The van der Waals surface area contributed by atoms with E-state index in [2.05, 4.69) is 19.1 Å². The van der Waals surface area contributed by atoms with Gasteiger partial charge in [-0.15, -0.1) is 0 Å².